The van der Waals surface area contributed by atoms with Crippen molar-refractivity contribution < 1.29 is 9.53 Å². The molecule has 2 N–H and O–H groups in total. The van der Waals surface area contributed by atoms with Crippen LogP contribution in [0.15, 0.2) is 23.1 Å². The Morgan fingerprint density at radius 2 is 2.12 bits per heavy atom. The summed E-state index contributed by atoms with van der Waals surface area (Å²) >= 11 is 3.22. The summed E-state index contributed by atoms with van der Waals surface area (Å²) in [5, 5.41) is 3.96. The molecule has 0 aromatic carbocycles. The predicted octanol–water partition coefficient (Wildman–Crippen LogP) is 0.794. The summed E-state index contributed by atoms with van der Waals surface area (Å²) in [6.45, 7) is 0. The van der Waals surface area contributed by atoms with Crippen LogP contribution < -0.4 is 5.73 Å². The van der Waals surface area contributed by atoms with Crippen molar-refractivity contribution in [2.45, 2.75) is 0 Å². The van der Waals surface area contributed by atoms with Crippen LogP contribution in [0.1, 0.15) is 10.5 Å². The van der Waals surface area contributed by atoms with Gasteiger partial charge in [-0.2, -0.15) is 5.10 Å². The van der Waals surface area contributed by atoms with Gasteiger partial charge < -0.3 is 10.5 Å². The lowest BCUT2D eigenvalue weighted by Crippen LogP contribution is -2.07. The average molecular weight is 298 g/mol. The van der Waals surface area contributed by atoms with Gasteiger partial charge in [0.25, 0.3) is 5.95 Å². The topological polar surface area (TPSA) is 95.9 Å². The quantitative estimate of drug-likeness (QED) is 0.824. The molecule has 2 aromatic rings. The van der Waals surface area contributed by atoms with Gasteiger partial charge in [-0.1, -0.05) is 0 Å². The van der Waals surface area contributed by atoms with Gasteiger partial charge in [0.15, 0.2) is 5.69 Å². The molecule has 88 valence electrons. The normalized spacial score (nSPS) is 10.2. The first-order chi connectivity index (χ1) is 8.11. The molecule has 7 nitrogen and oxygen atoms in total. The fourth-order valence-electron chi connectivity index (χ4n) is 1.17. The van der Waals surface area contributed by atoms with Crippen molar-refractivity contribution in [1.29, 1.82) is 0 Å². The zero-order valence-corrected chi connectivity index (χ0v) is 10.4. The Morgan fingerprint density at radius 1 is 1.47 bits per heavy atom. The molecule has 0 aliphatic heterocycles. The number of methoxy groups -OCH3 is 1. The number of hydrogen-bond donors (Lipinski definition) is 1. The summed E-state index contributed by atoms with van der Waals surface area (Å²) in [6, 6.07) is 0. The fraction of sp³-hybridized carbons (Fsp3) is 0.111. The molecule has 0 spiro atoms. The lowest BCUT2D eigenvalue weighted by atomic mass is 10.4. The van der Waals surface area contributed by atoms with Gasteiger partial charge >= 0.3 is 5.97 Å². The van der Waals surface area contributed by atoms with Gasteiger partial charge in [-0.15, -0.1) is 0 Å². The Kier molecular flexibility index (Phi) is 3.05. The first-order valence-corrected chi connectivity index (χ1v) is 5.32. The number of carbonyl (C=O) groups excluding carboxylic acids is 1. The van der Waals surface area contributed by atoms with E-state index in [4.69, 9.17) is 5.73 Å². The van der Waals surface area contributed by atoms with E-state index in [0.29, 0.717) is 5.95 Å². The fourth-order valence-corrected chi connectivity index (χ4v) is 1.37. The van der Waals surface area contributed by atoms with E-state index in [1.54, 1.807) is 12.4 Å². The highest BCUT2D eigenvalue weighted by atomic mass is 79.9. The molecule has 17 heavy (non-hydrogen) atoms. The molecule has 2 rings (SSSR count). The summed E-state index contributed by atoms with van der Waals surface area (Å²) in [6.07, 6.45) is 4.59. The van der Waals surface area contributed by atoms with Gasteiger partial charge in [-0.3, -0.25) is 0 Å². The SMILES string of the molecule is COC(=O)c1nn(-c2ncc(Br)cn2)cc1N. The number of hydrogen-bond acceptors (Lipinski definition) is 6. The van der Waals surface area contributed by atoms with Crippen LogP contribution in [0.2, 0.25) is 0 Å². The number of nitrogens with two attached hydrogens (primary N) is 1. The Bertz CT molecular complexity index is 551. The summed E-state index contributed by atoms with van der Waals surface area (Å²) in [5.41, 5.74) is 5.89. The van der Waals surface area contributed by atoms with Gasteiger partial charge in [0.2, 0.25) is 0 Å². The Morgan fingerprint density at radius 3 is 2.71 bits per heavy atom. The Labute approximate surface area is 105 Å². The molecule has 2 heterocycles. The highest BCUT2D eigenvalue weighted by Gasteiger charge is 2.16. The summed E-state index contributed by atoms with van der Waals surface area (Å²) < 4.78 is 6.60. The summed E-state index contributed by atoms with van der Waals surface area (Å²) in [7, 11) is 1.26. The first-order valence-electron chi connectivity index (χ1n) is 4.53. The molecular formula is C9H8BrN5O2. The zero-order valence-electron chi connectivity index (χ0n) is 8.79. The molecule has 0 aliphatic carbocycles. The van der Waals surface area contributed by atoms with E-state index < -0.39 is 5.97 Å². The molecule has 0 saturated carbocycles. The van der Waals surface area contributed by atoms with Crippen molar-refractivity contribution in [3.8, 4) is 5.95 Å². The molecule has 0 amide bonds. The van der Waals surface area contributed by atoms with Crippen molar-refractivity contribution in [3.63, 3.8) is 0 Å². The monoisotopic (exact) mass is 297 g/mol. The molecule has 0 atom stereocenters. The van der Waals surface area contributed by atoms with E-state index in [2.05, 4.69) is 35.7 Å². The second-order valence-corrected chi connectivity index (χ2v) is 3.99. The molecule has 0 radical (unpaired) electrons. The van der Waals surface area contributed by atoms with Crippen molar-refractivity contribution in [3.05, 3.63) is 28.8 Å². The first kappa shape index (κ1) is 11.5. The number of nitrogens with zero attached hydrogens (tertiary/aromatic N) is 4. The third kappa shape index (κ3) is 2.26. The highest BCUT2D eigenvalue weighted by molar-refractivity contribution is 9.10. The van der Waals surface area contributed by atoms with Crippen LogP contribution in [0.4, 0.5) is 5.69 Å². The minimum absolute atomic E-state index is 0.0408. The molecule has 0 aliphatic rings. The lowest BCUT2D eigenvalue weighted by molar-refractivity contribution is 0.0594. The van der Waals surface area contributed by atoms with Crippen molar-refractivity contribution >= 4 is 27.6 Å². The van der Waals surface area contributed by atoms with Crippen LogP contribution in [-0.2, 0) is 4.74 Å². The number of carbonyl (C=O) groups is 1. The third-order valence-electron chi connectivity index (χ3n) is 1.93. The molecule has 2 aromatic heterocycles. The van der Waals surface area contributed by atoms with Crippen LogP contribution >= 0.6 is 15.9 Å². The van der Waals surface area contributed by atoms with Gasteiger partial charge in [-0.05, 0) is 15.9 Å². The standard InChI is InChI=1S/C9H8BrN5O2/c1-17-8(16)7-6(11)4-15(14-7)9-12-2-5(10)3-13-9/h2-4H,11H2,1H3. The number of rotatable bonds is 2. The Hall–Kier alpha value is -1.96. The van der Waals surface area contributed by atoms with Gasteiger partial charge in [0, 0.05) is 12.4 Å². The van der Waals surface area contributed by atoms with Crippen LogP contribution in [0.5, 0.6) is 0 Å². The van der Waals surface area contributed by atoms with E-state index >= 15 is 0 Å². The van der Waals surface area contributed by atoms with E-state index in [1.165, 1.54) is 18.0 Å². The van der Waals surface area contributed by atoms with Crippen molar-refractivity contribution in [2.75, 3.05) is 12.8 Å². The van der Waals surface area contributed by atoms with Crippen LogP contribution in [0.25, 0.3) is 5.95 Å². The average Bonchev–Trinajstić information content (AvgIpc) is 2.71. The maximum absolute atomic E-state index is 11.3. The van der Waals surface area contributed by atoms with Crippen LogP contribution in [0, 0.1) is 0 Å². The number of anilines is 1. The van der Waals surface area contributed by atoms with Crippen LogP contribution in [-0.4, -0.2) is 32.8 Å². The van der Waals surface area contributed by atoms with Crippen molar-refractivity contribution in [2.24, 2.45) is 0 Å². The minimum atomic E-state index is -0.599. The zero-order chi connectivity index (χ0) is 12.4. The molecule has 8 heteroatoms. The van der Waals surface area contributed by atoms with Crippen LogP contribution in [0.3, 0.4) is 0 Å². The summed E-state index contributed by atoms with van der Waals surface area (Å²) in [4.78, 5) is 19.4. The molecule has 0 unspecified atom stereocenters. The maximum atomic E-state index is 11.3. The number of esters is 1. The molecule has 0 saturated heterocycles. The maximum Gasteiger partial charge on any atom is 0.360 e. The van der Waals surface area contributed by atoms with E-state index in [9.17, 15) is 4.79 Å². The number of ether oxygens (including phenoxy) is 1. The number of nitrogen functional groups attached to an aromatic ring is 1. The number of halogens is 1. The molecule has 0 bridgehead atoms. The van der Waals surface area contributed by atoms with E-state index in [0.717, 1.165) is 4.47 Å². The van der Waals surface area contributed by atoms with E-state index in [1.807, 2.05) is 0 Å². The summed E-state index contributed by atoms with van der Waals surface area (Å²) in [5.74, 6) is -0.284. The lowest BCUT2D eigenvalue weighted by Gasteiger charge is -1.97. The Balaban J connectivity index is 2.41. The number of aromatic nitrogens is 4. The largest absolute Gasteiger partial charge is 0.464 e. The van der Waals surface area contributed by atoms with Gasteiger partial charge in [0.05, 0.1) is 23.5 Å². The van der Waals surface area contributed by atoms with Crippen molar-refractivity contribution in [1.82, 2.24) is 19.7 Å². The van der Waals surface area contributed by atoms with Gasteiger partial charge in [-0.25, -0.2) is 19.4 Å². The second kappa shape index (κ2) is 4.50. The minimum Gasteiger partial charge on any atom is -0.464 e. The predicted molar refractivity (Wildman–Crippen MR) is 62.6 cm³/mol. The third-order valence-corrected chi connectivity index (χ3v) is 2.34. The van der Waals surface area contributed by atoms with E-state index in [-0.39, 0.29) is 11.4 Å². The highest BCUT2D eigenvalue weighted by Crippen LogP contribution is 2.13. The second-order valence-electron chi connectivity index (χ2n) is 3.07. The molecular weight excluding hydrogens is 290 g/mol. The molecule has 0 fully saturated rings. The smallest absolute Gasteiger partial charge is 0.360 e. The van der Waals surface area contributed by atoms with Gasteiger partial charge in [0.1, 0.15) is 0 Å².